The molecule has 1 saturated heterocycles. The number of benzene rings is 2. The Morgan fingerprint density at radius 1 is 1.09 bits per heavy atom. The van der Waals surface area contributed by atoms with Crippen LogP contribution in [0.5, 0.6) is 0 Å². The van der Waals surface area contributed by atoms with E-state index in [2.05, 4.69) is 29.2 Å². The van der Waals surface area contributed by atoms with E-state index in [0.717, 1.165) is 13.1 Å². The van der Waals surface area contributed by atoms with Gasteiger partial charge in [-0.25, -0.2) is 0 Å². The molecular weight excluding hydrogens is 274 g/mol. The maximum atomic E-state index is 12.3. The second kappa shape index (κ2) is 6.75. The Morgan fingerprint density at radius 3 is 2.36 bits per heavy atom. The Balaban J connectivity index is 1.76. The average Bonchev–Trinajstić information content (AvgIpc) is 2.53. The molecule has 1 heterocycles. The Morgan fingerprint density at radius 2 is 1.73 bits per heavy atom. The fourth-order valence-corrected chi connectivity index (χ4v) is 3.09. The summed E-state index contributed by atoms with van der Waals surface area (Å²) in [6, 6.07) is 20.3. The van der Waals surface area contributed by atoms with Crippen molar-refractivity contribution in [2.45, 2.75) is 25.4 Å². The van der Waals surface area contributed by atoms with Gasteiger partial charge in [-0.1, -0.05) is 60.7 Å². The Labute approximate surface area is 131 Å². The number of carbonyl (C=O) groups is 1. The first kappa shape index (κ1) is 14.8. The van der Waals surface area contributed by atoms with E-state index in [4.69, 9.17) is 4.74 Å². The molecule has 2 atom stereocenters. The molecule has 0 bridgehead atoms. The molecule has 0 amide bonds. The highest BCUT2D eigenvalue weighted by atomic mass is 16.5. The lowest BCUT2D eigenvalue weighted by atomic mass is 9.82. The van der Waals surface area contributed by atoms with Gasteiger partial charge in [0.2, 0.25) is 0 Å². The van der Waals surface area contributed by atoms with Gasteiger partial charge in [0.1, 0.15) is 6.04 Å². The van der Waals surface area contributed by atoms with E-state index in [0.29, 0.717) is 6.61 Å². The minimum absolute atomic E-state index is 0.112. The maximum Gasteiger partial charge on any atom is 0.324 e. The first-order valence-electron chi connectivity index (χ1n) is 7.79. The lowest BCUT2D eigenvalue weighted by Gasteiger charge is -2.46. The van der Waals surface area contributed by atoms with Crippen LogP contribution in [0.2, 0.25) is 0 Å². The Hall–Kier alpha value is -2.13. The van der Waals surface area contributed by atoms with Gasteiger partial charge < -0.3 is 4.74 Å². The van der Waals surface area contributed by atoms with E-state index in [1.807, 2.05) is 43.3 Å². The summed E-state index contributed by atoms with van der Waals surface area (Å²) < 4.78 is 5.28. The minimum Gasteiger partial charge on any atom is -0.465 e. The topological polar surface area (TPSA) is 29.5 Å². The minimum atomic E-state index is -0.178. The van der Waals surface area contributed by atoms with Crippen LogP contribution in [-0.4, -0.2) is 30.1 Å². The number of carbonyl (C=O) groups excluding carboxylic acids is 1. The van der Waals surface area contributed by atoms with Crippen LogP contribution < -0.4 is 0 Å². The summed E-state index contributed by atoms with van der Waals surface area (Å²) in [7, 11) is 0. The molecule has 0 unspecified atom stereocenters. The largest absolute Gasteiger partial charge is 0.465 e. The molecule has 0 spiro atoms. The molecule has 2 aromatic rings. The van der Waals surface area contributed by atoms with Crippen LogP contribution in [-0.2, 0) is 16.1 Å². The molecule has 3 nitrogen and oxygen atoms in total. The predicted octanol–water partition coefficient (Wildman–Crippen LogP) is 3.22. The third-order valence-corrected chi connectivity index (χ3v) is 4.19. The molecular formula is C19H21NO2. The molecule has 3 rings (SSSR count). The van der Waals surface area contributed by atoms with E-state index in [9.17, 15) is 4.79 Å². The number of hydrogen-bond donors (Lipinski definition) is 0. The van der Waals surface area contributed by atoms with Crippen LogP contribution in [0, 0.1) is 0 Å². The van der Waals surface area contributed by atoms with Crippen molar-refractivity contribution in [2.24, 2.45) is 0 Å². The van der Waals surface area contributed by atoms with Gasteiger partial charge in [-0.3, -0.25) is 9.69 Å². The van der Waals surface area contributed by atoms with Crippen molar-refractivity contribution in [1.82, 2.24) is 4.90 Å². The SMILES string of the molecule is CCOC(=O)[C@H]1[C@@H](c2ccccc2)CN1Cc1ccccc1. The fraction of sp³-hybridized carbons (Fsp3) is 0.316. The van der Waals surface area contributed by atoms with Gasteiger partial charge in [-0.05, 0) is 18.1 Å². The third kappa shape index (κ3) is 3.04. The van der Waals surface area contributed by atoms with Crippen LogP contribution in [0.1, 0.15) is 24.0 Å². The van der Waals surface area contributed by atoms with E-state index < -0.39 is 0 Å². The molecule has 0 radical (unpaired) electrons. The van der Waals surface area contributed by atoms with Gasteiger partial charge in [0.25, 0.3) is 0 Å². The molecule has 1 fully saturated rings. The number of esters is 1. The van der Waals surface area contributed by atoms with E-state index in [1.165, 1.54) is 11.1 Å². The van der Waals surface area contributed by atoms with Crippen LogP contribution >= 0.6 is 0 Å². The quantitative estimate of drug-likeness (QED) is 0.793. The van der Waals surface area contributed by atoms with Gasteiger partial charge in [-0.2, -0.15) is 0 Å². The predicted molar refractivity (Wildman–Crippen MR) is 86.5 cm³/mol. The van der Waals surface area contributed by atoms with Gasteiger partial charge in [0.05, 0.1) is 6.61 Å². The smallest absolute Gasteiger partial charge is 0.324 e. The molecule has 114 valence electrons. The fourth-order valence-electron chi connectivity index (χ4n) is 3.09. The number of rotatable bonds is 5. The van der Waals surface area contributed by atoms with Crippen LogP contribution in [0.4, 0.5) is 0 Å². The second-order valence-electron chi connectivity index (χ2n) is 5.63. The molecule has 0 saturated carbocycles. The molecule has 22 heavy (non-hydrogen) atoms. The highest BCUT2D eigenvalue weighted by molar-refractivity contribution is 5.78. The van der Waals surface area contributed by atoms with Crippen LogP contribution in [0.3, 0.4) is 0 Å². The lowest BCUT2D eigenvalue weighted by Crippen LogP contribution is -2.58. The standard InChI is InChI=1S/C19H21NO2/c1-2-22-19(21)18-17(16-11-7-4-8-12-16)14-20(18)13-15-9-5-3-6-10-15/h3-12,17-18H,2,13-14H2,1H3/t17-,18-/m1/s1. The number of ether oxygens (including phenoxy) is 1. The zero-order chi connectivity index (χ0) is 15.4. The van der Waals surface area contributed by atoms with Crippen molar-refractivity contribution in [3.63, 3.8) is 0 Å². The molecule has 3 heteroatoms. The molecule has 0 aliphatic carbocycles. The Kier molecular flexibility index (Phi) is 4.54. The lowest BCUT2D eigenvalue weighted by molar-refractivity contribution is -0.156. The molecule has 2 aromatic carbocycles. The zero-order valence-corrected chi connectivity index (χ0v) is 12.8. The first-order valence-corrected chi connectivity index (χ1v) is 7.79. The van der Waals surface area contributed by atoms with Crippen LogP contribution in [0.25, 0.3) is 0 Å². The molecule has 1 aliphatic rings. The van der Waals surface area contributed by atoms with Crippen molar-refractivity contribution in [2.75, 3.05) is 13.2 Å². The summed E-state index contributed by atoms with van der Waals surface area (Å²) in [5.74, 6) is 0.113. The normalized spacial score (nSPS) is 21.1. The van der Waals surface area contributed by atoms with Gasteiger partial charge in [-0.15, -0.1) is 0 Å². The number of nitrogens with zero attached hydrogens (tertiary/aromatic N) is 1. The summed E-state index contributed by atoms with van der Waals surface area (Å²) >= 11 is 0. The Bertz CT molecular complexity index is 612. The van der Waals surface area contributed by atoms with Crippen molar-refractivity contribution in [1.29, 1.82) is 0 Å². The summed E-state index contributed by atoms with van der Waals surface area (Å²) in [6.45, 7) is 3.96. The van der Waals surface area contributed by atoms with Crippen molar-refractivity contribution in [3.05, 3.63) is 71.8 Å². The number of likely N-dealkylation sites (tertiary alicyclic amines) is 1. The molecule has 0 aromatic heterocycles. The first-order chi connectivity index (χ1) is 10.8. The van der Waals surface area contributed by atoms with Crippen LogP contribution in [0.15, 0.2) is 60.7 Å². The summed E-state index contributed by atoms with van der Waals surface area (Å²) in [5.41, 5.74) is 2.44. The second-order valence-corrected chi connectivity index (χ2v) is 5.63. The molecule has 1 aliphatic heterocycles. The summed E-state index contributed by atoms with van der Waals surface area (Å²) in [6.07, 6.45) is 0. The van der Waals surface area contributed by atoms with E-state index in [-0.39, 0.29) is 17.9 Å². The summed E-state index contributed by atoms with van der Waals surface area (Å²) in [5, 5.41) is 0. The monoisotopic (exact) mass is 295 g/mol. The number of hydrogen-bond acceptors (Lipinski definition) is 3. The van der Waals surface area contributed by atoms with Crippen molar-refractivity contribution < 1.29 is 9.53 Å². The van der Waals surface area contributed by atoms with Gasteiger partial charge in [0, 0.05) is 19.0 Å². The average molecular weight is 295 g/mol. The van der Waals surface area contributed by atoms with Crippen molar-refractivity contribution >= 4 is 5.97 Å². The highest BCUT2D eigenvalue weighted by Crippen LogP contribution is 2.36. The summed E-state index contributed by atoms with van der Waals surface area (Å²) in [4.78, 5) is 14.5. The third-order valence-electron chi connectivity index (χ3n) is 4.19. The zero-order valence-electron chi connectivity index (χ0n) is 12.8. The van der Waals surface area contributed by atoms with E-state index in [1.54, 1.807) is 0 Å². The van der Waals surface area contributed by atoms with Crippen molar-refractivity contribution in [3.8, 4) is 0 Å². The maximum absolute atomic E-state index is 12.3. The molecule has 0 N–H and O–H groups in total. The van der Waals surface area contributed by atoms with E-state index >= 15 is 0 Å². The van der Waals surface area contributed by atoms with Gasteiger partial charge in [0.15, 0.2) is 0 Å². The highest BCUT2D eigenvalue weighted by Gasteiger charge is 2.45. The van der Waals surface area contributed by atoms with Gasteiger partial charge >= 0.3 is 5.97 Å².